The number of unbranched alkanes of at least 4 members (excludes halogenated alkanes) is 19. The van der Waals surface area contributed by atoms with Crippen LogP contribution in [0.3, 0.4) is 0 Å². The van der Waals surface area contributed by atoms with E-state index in [9.17, 15) is 0 Å². The predicted molar refractivity (Wildman–Crippen MR) is 176 cm³/mol. The van der Waals surface area contributed by atoms with Crippen molar-refractivity contribution in [2.24, 2.45) is 0 Å². The average molecular weight is 577 g/mol. The van der Waals surface area contributed by atoms with Gasteiger partial charge in [0, 0.05) is 6.61 Å². The fraction of sp³-hybridized carbons (Fsp3) is 0.838. The Labute approximate surface area is 255 Å². The molecular formula is C37H68O4. The van der Waals surface area contributed by atoms with Crippen LogP contribution in [0.15, 0.2) is 24.3 Å². The van der Waals surface area contributed by atoms with Crippen LogP contribution < -0.4 is 4.74 Å². The molecule has 0 radical (unpaired) electrons. The van der Waals surface area contributed by atoms with Crippen LogP contribution in [-0.2, 0) is 20.6 Å². The van der Waals surface area contributed by atoms with Gasteiger partial charge in [0.25, 0.3) is 0 Å². The van der Waals surface area contributed by atoms with E-state index in [0.717, 1.165) is 12.4 Å². The van der Waals surface area contributed by atoms with Crippen LogP contribution in [0.1, 0.15) is 154 Å². The van der Waals surface area contributed by atoms with E-state index in [1.54, 1.807) is 0 Å². The summed E-state index contributed by atoms with van der Waals surface area (Å²) >= 11 is 0. The van der Waals surface area contributed by atoms with Crippen molar-refractivity contribution in [3.05, 3.63) is 29.8 Å². The molecule has 0 fully saturated rings. The molecule has 0 aromatic heterocycles. The fourth-order valence-electron chi connectivity index (χ4n) is 5.20. The number of ether oxygens (including phenoxy) is 4. The van der Waals surface area contributed by atoms with E-state index in [-0.39, 0.29) is 0 Å². The Balaban J connectivity index is 1.75. The van der Waals surface area contributed by atoms with E-state index in [4.69, 9.17) is 18.9 Å². The van der Waals surface area contributed by atoms with Gasteiger partial charge in [-0.3, -0.25) is 0 Å². The molecule has 41 heavy (non-hydrogen) atoms. The third-order valence-electron chi connectivity index (χ3n) is 7.88. The summed E-state index contributed by atoms with van der Waals surface area (Å²) in [6.07, 6.45) is 30.1. The first kappa shape index (κ1) is 37.9. The predicted octanol–water partition coefficient (Wildman–Crippen LogP) is 10.9. The van der Waals surface area contributed by atoms with Crippen LogP contribution in [0.4, 0.5) is 0 Å². The molecule has 0 heterocycles. The number of hydrogen-bond acceptors (Lipinski definition) is 4. The maximum Gasteiger partial charge on any atom is 0.119 e. The first-order valence-corrected chi connectivity index (χ1v) is 17.8. The second kappa shape index (κ2) is 31.8. The zero-order chi connectivity index (χ0) is 29.3. The van der Waals surface area contributed by atoms with Crippen LogP contribution in [0.25, 0.3) is 0 Å². The highest BCUT2D eigenvalue weighted by Crippen LogP contribution is 2.16. The summed E-state index contributed by atoms with van der Waals surface area (Å²) in [7, 11) is 0. The number of rotatable bonds is 33. The first-order valence-electron chi connectivity index (χ1n) is 17.8. The van der Waals surface area contributed by atoms with Gasteiger partial charge in [-0.05, 0) is 37.0 Å². The standard InChI is InChI=1S/C37H68O4/c1-3-5-7-9-11-12-13-14-15-16-17-19-21-23-29-38-30-31-39-32-33-40-34-35-41-37-27-25-36(26-28-37)24-22-20-18-10-8-6-4-2/h25-28H,3-24,29-35H2,1-2H3. The minimum absolute atomic E-state index is 0.569. The van der Waals surface area contributed by atoms with Crippen molar-refractivity contribution in [2.45, 2.75) is 155 Å². The zero-order valence-electron chi connectivity index (χ0n) is 27.4. The lowest BCUT2D eigenvalue weighted by molar-refractivity contribution is 0.00878. The highest BCUT2D eigenvalue weighted by molar-refractivity contribution is 5.27. The minimum atomic E-state index is 0.569. The summed E-state index contributed by atoms with van der Waals surface area (Å²) in [4.78, 5) is 0. The van der Waals surface area contributed by atoms with E-state index in [0.29, 0.717) is 39.6 Å². The molecular weight excluding hydrogens is 508 g/mol. The molecule has 0 aliphatic carbocycles. The van der Waals surface area contributed by atoms with E-state index < -0.39 is 0 Å². The maximum absolute atomic E-state index is 5.80. The second-order valence-electron chi connectivity index (χ2n) is 11.8. The maximum atomic E-state index is 5.80. The molecule has 4 heteroatoms. The van der Waals surface area contributed by atoms with Crippen molar-refractivity contribution in [3.8, 4) is 5.75 Å². The van der Waals surface area contributed by atoms with Gasteiger partial charge in [-0.2, -0.15) is 0 Å². The molecule has 0 spiro atoms. The summed E-state index contributed by atoms with van der Waals surface area (Å²) in [5.74, 6) is 0.920. The van der Waals surface area contributed by atoms with E-state index in [1.165, 1.54) is 147 Å². The molecule has 1 aromatic rings. The summed E-state index contributed by atoms with van der Waals surface area (Å²) in [6.45, 7) is 9.09. The van der Waals surface area contributed by atoms with Crippen molar-refractivity contribution >= 4 is 0 Å². The van der Waals surface area contributed by atoms with Crippen LogP contribution in [0.5, 0.6) is 5.75 Å². The molecule has 1 rings (SSSR count). The van der Waals surface area contributed by atoms with Crippen LogP contribution in [0, 0.1) is 0 Å². The van der Waals surface area contributed by atoms with Gasteiger partial charge in [-0.25, -0.2) is 0 Å². The summed E-state index contributed by atoms with van der Waals surface area (Å²) in [6, 6.07) is 8.56. The Hall–Kier alpha value is -1.10. The van der Waals surface area contributed by atoms with Gasteiger partial charge in [-0.15, -0.1) is 0 Å². The lowest BCUT2D eigenvalue weighted by atomic mass is 10.0. The zero-order valence-corrected chi connectivity index (χ0v) is 27.4. The van der Waals surface area contributed by atoms with Crippen molar-refractivity contribution in [2.75, 3.05) is 46.2 Å². The number of hydrogen-bond donors (Lipinski definition) is 0. The van der Waals surface area contributed by atoms with Crippen molar-refractivity contribution in [1.82, 2.24) is 0 Å². The Bertz CT molecular complexity index is 618. The quantitative estimate of drug-likeness (QED) is 0.0780. The van der Waals surface area contributed by atoms with Crippen molar-refractivity contribution in [3.63, 3.8) is 0 Å². The van der Waals surface area contributed by atoms with Crippen molar-refractivity contribution in [1.29, 1.82) is 0 Å². The SMILES string of the molecule is CCCCCCCCCCCCCCCCOCCOCCOCCOc1ccc(CCCCCCCCC)cc1. The Morgan fingerprint density at radius 2 is 0.732 bits per heavy atom. The first-order chi connectivity index (χ1) is 20.4. The summed E-state index contributed by atoms with van der Waals surface area (Å²) < 4.78 is 22.7. The van der Waals surface area contributed by atoms with E-state index in [2.05, 4.69) is 38.1 Å². The smallest absolute Gasteiger partial charge is 0.119 e. The van der Waals surface area contributed by atoms with Crippen LogP contribution >= 0.6 is 0 Å². The van der Waals surface area contributed by atoms with Crippen molar-refractivity contribution < 1.29 is 18.9 Å². The highest BCUT2D eigenvalue weighted by atomic mass is 16.6. The summed E-state index contributed by atoms with van der Waals surface area (Å²) in [5, 5.41) is 0. The molecule has 0 unspecified atom stereocenters. The van der Waals surface area contributed by atoms with Gasteiger partial charge in [0.05, 0.1) is 33.0 Å². The molecule has 0 amide bonds. The molecule has 0 atom stereocenters. The lowest BCUT2D eigenvalue weighted by Gasteiger charge is -2.09. The normalized spacial score (nSPS) is 11.4. The van der Waals surface area contributed by atoms with Gasteiger partial charge >= 0.3 is 0 Å². The van der Waals surface area contributed by atoms with Crippen LogP contribution in [0.2, 0.25) is 0 Å². The van der Waals surface area contributed by atoms with Gasteiger partial charge in [0.15, 0.2) is 0 Å². The molecule has 0 bridgehead atoms. The third-order valence-corrected chi connectivity index (χ3v) is 7.88. The molecule has 0 saturated carbocycles. The second-order valence-corrected chi connectivity index (χ2v) is 11.8. The Kier molecular flexibility index (Phi) is 29.4. The Morgan fingerprint density at radius 1 is 0.366 bits per heavy atom. The molecule has 0 aliphatic rings. The van der Waals surface area contributed by atoms with Gasteiger partial charge < -0.3 is 18.9 Å². The molecule has 240 valence electrons. The molecule has 0 saturated heterocycles. The Morgan fingerprint density at radius 3 is 1.20 bits per heavy atom. The summed E-state index contributed by atoms with van der Waals surface area (Å²) in [5.41, 5.74) is 1.41. The monoisotopic (exact) mass is 577 g/mol. The number of benzene rings is 1. The topological polar surface area (TPSA) is 36.9 Å². The molecule has 0 N–H and O–H groups in total. The van der Waals surface area contributed by atoms with Crippen LogP contribution in [-0.4, -0.2) is 46.2 Å². The van der Waals surface area contributed by atoms with Gasteiger partial charge in [-0.1, -0.05) is 148 Å². The highest BCUT2D eigenvalue weighted by Gasteiger charge is 1.99. The number of aryl methyl sites for hydroxylation is 1. The molecule has 4 nitrogen and oxygen atoms in total. The lowest BCUT2D eigenvalue weighted by Crippen LogP contribution is -2.13. The largest absolute Gasteiger partial charge is 0.491 e. The third kappa shape index (κ3) is 27.5. The van der Waals surface area contributed by atoms with Gasteiger partial charge in [0.2, 0.25) is 0 Å². The molecule has 0 aliphatic heterocycles. The minimum Gasteiger partial charge on any atom is -0.491 e. The molecule has 1 aromatic carbocycles. The fourth-order valence-corrected chi connectivity index (χ4v) is 5.20. The van der Waals surface area contributed by atoms with E-state index in [1.807, 2.05) is 0 Å². The van der Waals surface area contributed by atoms with E-state index >= 15 is 0 Å². The van der Waals surface area contributed by atoms with Gasteiger partial charge in [0.1, 0.15) is 12.4 Å². The average Bonchev–Trinajstić information content (AvgIpc) is 2.99.